The second-order valence-electron chi connectivity index (χ2n) is 8.60. The maximum atomic E-state index is 13.3. The smallest absolute Gasteiger partial charge is 0.241 e. The molecular weight excluding hydrogens is 438 g/mol. The van der Waals surface area contributed by atoms with E-state index in [0.717, 1.165) is 15.2 Å². The molecule has 2 aromatic rings. The van der Waals surface area contributed by atoms with Crippen LogP contribution in [0.5, 0.6) is 0 Å². The summed E-state index contributed by atoms with van der Waals surface area (Å²) in [5.41, 5.74) is 0.773. The monoisotopic (exact) mass is 467 g/mol. The van der Waals surface area contributed by atoms with Crippen molar-refractivity contribution in [3.63, 3.8) is 0 Å². The number of rotatable bonds is 6. The van der Waals surface area contributed by atoms with Crippen LogP contribution in [0.4, 0.5) is 0 Å². The molecule has 2 saturated heterocycles. The number of carbonyl (C=O) groups is 1. The number of likely N-dealkylation sites (tertiary alicyclic amines) is 1. The zero-order chi connectivity index (χ0) is 22.2. The Morgan fingerprint density at radius 3 is 2.58 bits per heavy atom. The average molecular weight is 468 g/mol. The quantitative estimate of drug-likeness (QED) is 0.701. The van der Waals surface area contributed by atoms with E-state index in [4.69, 9.17) is 9.47 Å². The molecule has 0 aliphatic carbocycles. The summed E-state index contributed by atoms with van der Waals surface area (Å²) in [5, 5.41) is 0.878. The largest absolute Gasteiger partial charge is 0.347 e. The highest BCUT2D eigenvalue weighted by molar-refractivity contribution is 7.89. The van der Waals surface area contributed by atoms with Gasteiger partial charge >= 0.3 is 0 Å². The fourth-order valence-electron chi connectivity index (χ4n) is 4.19. The summed E-state index contributed by atoms with van der Waals surface area (Å²) < 4.78 is 41.2. The summed E-state index contributed by atoms with van der Waals surface area (Å²) in [6.07, 6.45) is 1.62. The highest BCUT2D eigenvalue weighted by Crippen LogP contribution is 2.32. The summed E-state index contributed by atoms with van der Waals surface area (Å²) in [6, 6.07) is 4.06. The Balaban J connectivity index is 1.50. The second-order valence-corrected chi connectivity index (χ2v) is 11.5. The summed E-state index contributed by atoms with van der Waals surface area (Å²) in [4.78, 5) is 19.5. The van der Waals surface area contributed by atoms with E-state index in [1.165, 1.54) is 11.3 Å². The van der Waals surface area contributed by atoms with Crippen LogP contribution in [0.25, 0.3) is 10.2 Å². The minimum Gasteiger partial charge on any atom is -0.347 e. The predicted octanol–water partition coefficient (Wildman–Crippen LogP) is 2.66. The van der Waals surface area contributed by atoms with Crippen molar-refractivity contribution in [1.29, 1.82) is 0 Å². The van der Waals surface area contributed by atoms with Crippen molar-refractivity contribution < 1.29 is 22.7 Å². The highest BCUT2D eigenvalue weighted by atomic mass is 32.2. The number of sulfonamides is 1. The number of ether oxygens (including phenoxy) is 2. The normalized spacial score (nSPS) is 20.1. The zero-order valence-corrected chi connectivity index (χ0v) is 19.7. The molecule has 1 aromatic heterocycles. The predicted molar refractivity (Wildman–Crippen MR) is 118 cm³/mol. The first kappa shape index (κ1) is 22.6. The number of benzene rings is 1. The number of fused-ring (bicyclic) bond motifs is 1. The lowest BCUT2D eigenvalue weighted by atomic mass is 10.00. The Morgan fingerprint density at radius 2 is 1.94 bits per heavy atom. The number of nitrogens with one attached hydrogen (secondary N) is 1. The van der Waals surface area contributed by atoms with Gasteiger partial charge in [-0.1, -0.05) is 13.8 Å². The number of hydrogen-bond acceptors (Lipinski definition) is 7. The standard InChI is InChI=1S/C21H29N3O5S2/c1-14(2)12-18(20(25)24-8-6-21(7-9-24)28-10-11-29-21)23-31(26,27)16-4-5-17-19(13-16)30-15(3)22-17/h4-5,13-14,18,23H,6-12H2,1-3H3/t18-/m0/s1. The van der Waals surface area contributed by atoms with E-state index in [-0.39, 0.29) is 16.7 Å². The average Bonchev–Trinajstić information content (AvgIpc) is 3.32. The van der Waals surface area contributed by atoms with Gasteiger partial charge in [-0.2, -0.15) is 4.72 Å². The summed E-state index contributed by atoms with van der Waals surface area (Å²) in [5.74, 6) is -0.618. The van der Waals surface area contributed by atoms with Crippen LogP contribution in [-0.2, 0) is 24.3 Å². The van der Waals surface area contributed by atoms with Gasteiger partial charge in [-0.3, -0.25) is 4.79 Å². The first-order valence-corrected chi connectivity index (χ1v) is 12.9. The highest BCUT2D eigenvalue weighted by Gasteiger charge is 2.42. The van der Waals surface area contributed by atoms with Crippen LogP contribution < -0.4 is 4.72 Å². The molecule has 0 radical (unpaired) electrons. The Hall–Kier alpha value is -1.59. The molecule has 2 aliphatic rings. The van der Waals surface area contributed by atoms with Gasteiger partial charge in [-0.25, -0.2) is 13.4 Å². The molecule has 1 spiro atoms. The molecular formula is C21H29N3O5S2. The van der Waals surface area contributed by atoms with Crippen LogP contribution in [0, 0.1) is 12.8 Å². The van der Waals surface area contributed by atoms with Crippen molar-refractivity contribution in [2.75, 3.05) is 26.3 Å². The minimum absolute atomic E-state index is 0.149. The van der Waals surface area contributed by atoms with Crippen LogP contribution in [-0.4, -0.2) is 62.3 Å². The number of aryl methyl sites for hydroxylation is 1. The molecule has 1 atom stereocenters. The fourth-order valence-corrected chi connectivity index (χ4v) is 6.36. The summed E-state index contributed by atoms with van der Waals surface area (Å²) in [7, 11) is -3.86. The first-order chi connectivity index (χ1) is 14.7. The van der Waals surface area contributed by atoms with Crippen LogP contribution >= 0.6 is 11.3 Å². The Kier molecular flexibility index (Phi) is 6.37. The number of carbonyl (C=O) groups excluding carboxylic acids is 1. The molecule has 0 saturated carbocycles. The van der Waals surface area contributed by atoms with Gasteiger partial charge in [0.1, 0.15) is 6.04 Å². The van der Waals surface area contributed by atoms with Crippen molar-refractivity contribution in [1.82, 2.24) is 14.6 Å². The van der Waals surface area contributed by atoms with Gasteiger partial charge in [0.25, 0.3) is 0 Å². The van der Waals surface area contributed by atoms with Gasteiger partial charge in [-0.05, 0) is 37.5 Å². The molecule has 2 fully saturated rings. The lowest BCUT2D eigenvalue weighted by molar-refractivity contribution is -0.187. The molecule has 31 heavy (non-hydrogen) atoms. The van der Waals surface area contributed by atoms with Crippen LogP contribution in [0.2, 0.25) is 0 Å². The maximum absolute atomic E-state index is 13.3. The van der Waals surface area contributed by atoms with E-state index < -0.39 is 21.9 Å². The van der Waals surface area contributed by atoms with E-state index in [1.807, 2.05) is 20.8 Å². The molecule has 1 amide bonds. The van der Waals surface area contributed by atoms with Gasteiger partial charge < -0.3 is 14.4 Å². The molecule has 1 N–H and O–H groups in total. The van der Waals surface area contributed by atoms with Crippen LogP contribution in [0.3, 0.4) is 0 Å². The lowest BCUT2D eigenvalue weighted by Gasteiger charge is -2.39. The minimum atomic E-state index is -3.86. The summed E-state index contributed by atoms with van der Waals surface area (Å²) in [6.45, 7) is 7.97. The molecule has 0 bridgehead atoms. The van der Waals surface area contributed by atoms with Gasteiger partial charge in [0.15, 0.2) is 5.79 Å². The van der Waals surface area contributed by atoms with Crippen molar-refractivity contribution in [2.24, 2.45) is 5.92 Å². The van der Waals surface area contributed by atoms with E-state index in [1.54, 1.807) is 23.1 Å². The van der Waals surface area contributed by atoms with Crippen molar-refractivity contribution in [2.45, 2.75) is 56.8 Å². The third kappa shape index (κ3) is 4.93. The molecule has 0 unspecified atom stereocenters. The zero-order valence-electron chi connectivity index (χ0n) is 18.1. The fraction of sp³-hybridized carbons (Fsp3) is 0.619. The number of hydrogen-bond donors (Lipinski definition) is 1. The molecule has 1 aromatic carbocycles. The molecule has 170 valence electrons. The van der Waals surface area contributed by atoms with Crippen molar-refractivity contribution >= 4 is 37.5 Å². The lowest BCUT2D eigenvalue weighted by Crippen LogP contribution is -2.54. The Morgan fingerprint density at radius 1 is 1.26 bits per heavy atom. The Labute approximate surface area is 187 Å². The topological polar surface area (TPSA) is 97.8 Å². The Bertz CT molecular complexity index is 1050. The molecule has 4 rings (SSSR count). The number of piperidine rings is 1. The number of thiazole rings is 1. The summed E-state index contributed by atoms with van der Waals surface area (Å²) >= 11 is 1.45. The molecule has 10 heteroatoms. The number of aromatic nitrogens is 1. The van der Waals surface area contributed by atoms with Gasteiger partial charge in [-0.15, -0.1) is 11.3 Å². The maximum Gasteiger partial charge on any atom is 0.241 e. The van der Waals surface area contributed by atoms with E-state index >= 15 is 0 Å². The number of amides is 1. The third-order valence-corrected chi connectivity index (χ3v) is 8.13. The van der Waals surface area contributed by atoms with Crippen LogP contribution in [0.15, 0.2) is 23.1 Å². The SMILES string of the molecule is Cc1nc2ccc(S(=O)(=O)N[C@@H](CC(C)C)C(=O)N3CCC4(CC3)OCCO4)cc2s1. The first-order valence-electron chi connectivity index (χ1n) is 10.6. The van der Waals surface area contributed by atoms with Crippen molar-refractivity contribution in [3.05, 3.63) is 23.2 Å². The van der Waals surface area contributed by atoms with Gasteiger partial charge in [0, 0.05) is 25.9 Å². The number of nitrogens with zero attached hydrogens (tertiary/aromatic N) is 2. The van der Waals surface area contributed by atoms with Gasteiger partial charge in [0.2, 0.25) is 15.9 Å². The molecule has 2 aliphatic heterocycles. The van der Waals surface area contributed by atoms with E-state index in [2.05, 4.69) is 9.71 Å². The van der Waals surface area contributed by atoms with Gasteiger partial charge in [0.05, 0.1) is 33.3 Å². The van der Waals surface area contributed by atoms with Crippen LogP contribution in [0.1, 0.15) is 38.1 Å². The van der Waals surface area contributed by atoms with Crippen molar-refractivity contribution in [3.8, 4) is 0 Å². The second kappa shape index (κ2) is 8.74. The molecule has 3 heterocycles. The third-order valence-electron chi connectivity index (χ3n) is 5.73. The van der Waals surface area contributed by atoms with E-state index in [0.29, 0.717) is 45.6 Å². The molecule has 8 nitrogen and oxygen atoms in total. The van der Waals surface area contributed by atoms with E-state index in [9.17, 15) is 13.2 Å².